The molecule has 0 bridgehead atoms. The van der Waals surface area contributed by atoms with Gasteiger partial charge in [-0.25, -0.2) is 0 Å². The second kappa shape index (κ2) is 9.48. The molecule has 0 spiro atoms. The van der Waals surface area contributed by atoms with Gasteiger partial charge in [-0.15, -0.1) is 0 Å². The predicted molar refractivity (Wildman–Crippen MR) is 187 cm³/mol. The number of benzene rings is 3. The molecule has 0 aromatic heterocycles. The zero-order chi connectivity index (χ0) is 30.7. The summed E-state index contributed by atoms with van der Waals surface area (Å²) in [6.07, 6.45) is 13.2. The van der Waals surface area contributed by atoms with Crippen molar-refractivity contribution in [3.63, 3.8) is 0 Å². The molecule has 5 rings (SSSR count). The first-order valence-corrected chi connectivity index (χ1v) is 35.9. The molecule has 2 aliphatic carbocycles. The molecule has 0 N–H and O–H groups in total. The molecule has 3 aromatic carbocycles. The van der Waals surface area contributed by atoms with Crippen LogP contribution in [0.5, 0.6) is 0 Å². The van der Waals surface area contributed by atoms with Crippen LogP contribution in [0.3, 0.4) is 0 Å². The van der Waals surface area contributed by atoms with Crippen molar-refractivity contribution in [2.24, 2.45) is 0 Å². The van der Waals surface area contributed by atoms with Crippen molar-refractivity contribution < 1.29 is 12.7 Å². The van der Waals surface area contributed by atoms with Crippen LogP contribution < -0.4 is 3.32 Å². The van der Waals surface area contributed by atoms with E-state index in [1.165, 1.54) is 33.4 Å². The summed E-state index contributed by atoms with van der Waals surface area (Å²) in [5, 5.41) is 0. The Bertz CT molecular complexity index is 1640. The molecular weight excluding hydrogens is 718 g/mol. The number of fused-ring (bicyclic) bond motifs is 3. The quantitative estimate of drug-likeness (QED) is 0.158. The average Bonchev–Trinajstić information content (AvgIpc) is 3.59. The first-order chi connectivity index (χ1) is 19.4. The summed E-state index contributed by atoms with van der Waals surface area (Å²) in [4.78, 5) is 0. The van der Waals surface area contributed by atoms with E-state index in [0.29, 0.717) is 4.18 Å². The maximum atomic E-state index is 9.06. The number of rotatable bonds is 8. The number of allylic oxidation sites excluding steroid dienone is 4. The number of halogens is 2. The molecule has 0 atom stereocenters. The van der Waals surface area contributed by atoms with Crippen LogP contribution in [0.15, 0.2) is 91.0 Å². The SMILES string of the molecule is [CH2]=[Hf]([Cl])([Cl])([CH2]CCCCC)([c]1ccccc1)([CH]1C=CC=C1)[CH]1c2cc(C(C)(C)C)ccc2-c2ccc(C(C)(C)C)cc21. The standard InChI is InChI=1S/C21H25.C6H5.C6H13.C5H5.CH2.2ClH.Hf/c1-20(2,3)16-7-9-18-14(12-16)11-15-13-17(21(4,5)6)8-10-19(15)18;1-2-4-6-5-3-1;1-3-5-6-4-2;1-2-4-5-3-1;;;;/h7-13H,1-6H3;1-5H;1,3-6H2,2H3;1-5H;1H2;2*1H;/q;;;;;;;+2/p-2. The molecular formula is C39H50Cl2Hf. The average molecular weight is 768 g/mol. The molecule has 0 unspecified atom stereocenters. The van der Waals surface area contributed by atoms with Crippen LogP contribution >= 0.6 is 17.2 Å². The van der Waals surface area contributed by atoms with E-state index < -0.39 is 12.7 Å². The Balaban J connectivity index is 2.01. The Kier molecular flexibility index (Phi) is 7.20. The van der Waals surface area contributed by atoms with E-state index in [0.717, 1.165) is 29.0 Å². The Labute approximate surface area is 256 Å². The van der Waals surface area contributed by atoms with E-state index >= 15 is 0 Å². The second-order valence-corrected chi connectivity index (χ2v) is 70.4. The summed E-state index contributed by atoms with van der Waals surface area (Å²) >= 11 is -6.73. The number of hydrogen-bond donors (Lipinski definition) is 0. The number of hydrogen-bond acceptors (Lipinski definition) is 0. The molecule has 0 amide bonds. The van der Waals surface area contributed by atoms with E-state index in [1.54, 1.807) is 0 Å². The zero-order valence-electron chi connectivity index (χ0n) is 26.8. The van der Waals surface area contributed by atoms with E-state index in [9.17, 15) is 0 Å². The van der Waals surface area contributed by atoms with Gasteiger partial charge in [0.25, 0.3) is 0 Å². The first-order valence-electron chi connectivity index (χ1n) is 16.0. The van der Waals surface area contributed by atoms with Crippen molar-refractivity contribution in [3.8, 4) is 11.1 Å². The van der Waals surface area contributed by atoms with E-state index in [1.807, 2.05) is 0 Å². The molecule has 0 aliphatic heterocycles. The van der Waals surface area contributed by atoms with Gasteiger partial charge < -0.3 is 0 Å². The molecule has 0 radical (unpaired) electrons. The van der Waals surface area contributed by atoms with Crippen LogP contribution in [0.25, 0.3) is 11.1 Å². The summed E-state index contributed by atoms with van der Waals surface area (Å²) in [6, 6.07) is 24.8. The Morgan fingerprint density at radius 3 is 1.64 bits per heavy atom. The molecule has 3 heteroatoms. The third kappa shape index (κ3) is 4.50. The van der Waals surface area contributed by atoms with E-state index in [-0.39, 0.29) is 18.2 Å². The first kappa shape index (κ1) is 31.9. The monoisotopic (exact) mass is 768 g/mol. The molecule has 2 aliphatic rings. The van der Waals surface area contributed by atoms with Crippen LogP contribution in [0.4, 0.5) is 0 Å². The second-order valence-electron chi connectivity index (χ2n) is 16.1. The molecule has 0 saturated heterocycles. The van der Waals surface area contributed by atoms with Gasteiger partial charge in [0.15, 0.2) is 0 Å². The van der Waals surface area contributed by atoms with Gasteiger partial charge in [-0.2, -0.15) is 0 Å². The van der Waals surface area contributed by atoms with Crippen LogP contribution in [-0.2, 0) is 23.5 Å². The van der Waals surface area contributed by atoms with Crippen molar-refractivity contribution in [3.05, 3.63) is 113 Å². The fraction of sp³-hybridized carbons (Fsp3) is 0.410. The fourth-order valence-electron chi connectivity index (χ4n) is 8.36. The maximum absolute atomic E-state index is 9.06. The molecule has 224 valence electrons. The van der Waals surface area contributed by atoms with Gasteiger partial charge in [0.2, 0.25) is 0 Å². The van der Waals surface area contributed by atoms with Gasteiger partial charge in [0.05, 0.1) is 0 Å². The van der Waals surface area contributed by atoms with E-state index in [4.69, 9.17) is 21.4 Å². The normalized spacial score (nSPS) is 18.3. The summed E-state index contributed by atoms with van der Waals surface area (Å²) < 4.78 is 6.83. The molecule has 0 saturated carbocycles. The van der Waals surface area contributed by atoms with Crippen molar-refractivity contribution in [1.29, 1.82) is 0 Å². The van der Waals surface area contributed by atoms with Gasteiger partial charge in [0.1, 0.15) is 0 Å². The van der Waals surface area contributed by atoms with Crippen molar-refractivity contribution in [2.75, 3.05) is 0 Å². The summed E-state index contributed by atoms with van der Waals surface area (Å²) in [5.41, 5.74) is 7.57. The van der Waals surface area contributed by atoms with Crippen molar-refractivity contribution in [1.82, 2.24) is 0 Å². The summed E-state index contributed by atoms with van der Waals surface area (Å²) in [5.74, 6) is 0. The molecule has 42 heavy (non-hydrogen) atoms. The third-order valence-corrected chi connectivity index (χ3v) is 58.5. The summed E-state index contributed by atoms with van der Waals surface area (Å²) in [7, 11) is 18.1. The minimum absolute atomic E-state index is 0.0177. The third-order valence-electron chi connectivity index (χ3n) is 11.1. The molecule has 0 fully saturated rings. The summed E-state index contributed by atoms with van der Waals surface area (Å²) in [6.45, 7) is 16.0. The molecule has 3 aromatic rings. The van der Waals surface area contributed by atoms with Crippen LogP contribution in [0.2, 0.25) is 7.85 Å². The van der Waals surface area contributed by atoms with Crippen LogP contribution in [-0.4, -0.2) is 4.26 Å². The van der Waals surface area contributed by atoms with Gasteiger partial charge in [0, 0.05) is 0 Å². The molecule has 0 nitrogen and oxygen atoms in total. The Morgan fingerprint density at radius 1 is 0.690 bits per heavy atom. The van der Waals surface area contributed by atoms with Gasteiger partial charge in [-0.1, -0.05) is 0 Å². The van der Waals surface area contributed by atoms with Crippen molar-refractivity contribution >= 4 is 24.7 Å². The van der Waals surface area contributed by atoms with Gasteiger partial charge in [-0.3, -0.25) is 0 Å². The number of unbranched alkanes of at least 4 members (excludes halogenated alkanes) is 3. The van der Waals surface area contributed by atoms with Crippen molar-refractivity contribution in [2.45, 2.75) is 96.5 Å². The fourth-order valence-corrected chi connectivity index (χ4v) is 49.9. The predicted octanol–water partition coefficient (Wildman–Crippen LogP) is 12.1. The van der Waals surface area contributed by atoms with E-state index in [2.05, 4.69) is 140 Å². The van der Waals surface area contributed by atoms with Crippen LogP contribution in [0.1, 0.15) is 100 Å². The Hall–Kier alpha value is -1.54. The molecule has 0 heterocycles. The van der Waals surface area contributed by atoms with Gasteiger partial charge >= 0.3 is 258 Å². The Morgan fingerprint density at radius 2 is 1.19 bits per heavy atom. The zero-order valence-corrected chi connectivity index (χ0v) is 31.9. The topological polar surface area (TPSA) is 0 Å². The van der Waals surface area contributed by atoms with Gasteiger partial charge in [-0.05, 0) is 0 Å². The minimum atomic E-state index is -6.73. The van der Waals surface area contributed by atoms with Crippen LogP contribution in [0, 0.1) is 0 Å².